The minimum Gasteiger partial charge on any atom is -0.374 e. The van der Waals surface area contributed by atoms with Crippen molar-refractivity contribution in [2.75, 3.05) is 39.6 Å². The van der Waals surface area contributed by atoms with Crippen molar-refractivity contribution in [3.63, 3.8) is 0 Å². The van der Waals surface area contributed by atoms with E-state index in [1.54, 1.807) is 41.2 Å². The summed E-state index contributed by atoms with van der Waals surface area (Å²) in [4.78, 5) is 30.2. The zero-order chi connectivity index (χ0) is 41.6. The van der Waals surface area contributed by atoms with Gasteiger partial charge in [-0.2, -0.15) is 0 Å². The Kier molecular flexibility index (Phi) is 21.9. The van der Waals surface area contributed by atoms with Crippen LogP contribution in [0.1, 0.15) is 97.4 Å². The second-order valence-electron chi connectivity index (χ2n) is 12.9. The maximum absolute atomic E-state index is 14.2. The van der Waals surface area contributed by atoms with Crippen molar-refractivity contribution in [3.8, 4) is 0 Å². The van der Waals surface area contributed by atoms with E-state index in [1.807, 2.05) is 126 Å². The molecule has 0 amide bonds. The first-order valence-corrected chi connectivity index (χ1v) is 28.9. The Morgan fingerprint density at radius 2 is 0.776 bits per heavy atom. The molecule has 58 heavy (non-hydrogen) atoms. The largest absolute Gasteiger partial charge is 0.500 e. The summed E-state index contributed by atoms with van der Waals surface area (Å²) < 4.78 is 36.7. The minimum atomic E-state index is -2.83. The van der Waals surface area contributed by atoms with Gasteiger partial charge in [0, 0.05) is 83.8 Å². The van der Waals surface area contributed by atoms with Crippen molar-refractivity contribution in [1.82, 2.24) is 0 Å². The van der Waals surface area contributed by atoms with Crippen LogP contribution in [0.5, 0.6) is 0 Å². The lowest BCUT2D eigenvalue weighted by atomic mass is 9.96. The summed E-state index contributed by atoms with van der Waals surface area (Å²) in [6.45, 7) is 14.9. The monoisotopic (exact) mass is 898 g/mol. The van der Waals surface area contributed by atoms with Gasteiger partial charge >= 0.3 is 17.6 Å². The summed E-state index contributed by atoms with van der Waals surface area (Å²) in [6, 6.07) is 32.4. The smallest absolute Gasteiger partial charge is 0.374 e. The molecule has 4 aromatic rings. The van der Waals surface area contributed by atoms with Gasteiger partial charge in [0.15, 0.2) is 11.6 Å². The number of ketones is 2. The zero-order valence-corrected chi connectivity index (χ0v) is 39.9. The highest BCUT2D eigenvalue weighted by Crippen LogP contribution is 2.51. The van der Waals surface area contributed by atoms with Crippen molar-refractivity contribution in [2.24, 2.45) is 0 Å². The molecular weight excluding hydrogens is 841 g/mol. The van der Waals surface area contributed by atoms with Crippen LogP contribution in [0, 0.1) is 0 Å². The van der Waals surface area contributed by atoms with Crippen LogP contribution in [0.25, 0.3) is 0 Å². The number of hydrogen-bond donors (Lipinski definition) is 0. The number of hydrogen-bond acceptors (Lipinski definition) is 12. The summed E-state index contributed by atoms with van der Waals surface area (Å²) >= 11 is 0. The summed E-state index contributed by atoms with van der Waals surface area (Å²) in [5, 5.41) is 0. The van der Waals surface area contributed by atoms with Gasteiger partial charge in [0.05, 0.1) is 0 Å². The van der Waals surface area contributed by atoms with Gasteiger partial charge in [-0.15, -0.1) is 0 Å². The second-order valence-corrected chi connectivity index (χ2v) is 24.2. The molecule has 0 aliphatic rings. The first-order valence-electron chi connectivity index (χ1n) is 20.2. The summed E-state index contributed by atoms with van der Waals surface area (Å²) in [6.07, 6.45) is 2.87. The highest BCUT2D eigenvalue weighted by molar-refractivity contribution is 9.26. The topological polar surface area (TPSA) is 89.5 Å². The number of aryl methyl sites for hydroxylation is 2. The molecule has 314 valence electrons. The van der Waals surface area contributed by atoms with Crippen LogP contribution in [0.15, 0.2) is 107 Å². The predicted molar refractivity (Wildman–Crippen MR) is 247 cm³/mol. The highest BCUT2D eigenvalue weighted by atomic mass is 33.7. The SMILES string of the molecule is CCO[Si](CCCc1cccc(SSSSc2cccc(CCC[Si](OCC)(OCC)OCC)c2C(=O)c2ccccc2)c1C(=O)c1ccccc1)(OCC)OCC. The van der Waals surface area contributed by atoms with Crippen molar-refractivity contribution >= 4 is 70.4 Å². The summed E-state index contributed by atoms with van der Waals surface area (Å²) in [5.74, 6) is -0.0122. The maximum Gasteiger partial charge on any atom is 0.500 e. The molecule has 0 aromatic heterocycles. The highest BCUT2D eigenvalue weighted by Gasteiger charge is 2.41. The van der Waals surface area contributed by atoms with Gasteiger partial charge in [-0.25, -0.2) is 0 Å². The van der Waals surface area contributed by atoms with Crippen LogP contribution in [0.2, 0.25) is 12.1 Å². The molecule has 0 atom stereocenters. The lowest BCUT2D eigenvalue weighted by Crippen LogP contribution is -2.46. The van der Waals surface area contributed by atoms with Crippen LogP contribution in [0.4, 0.5) is 0 Å². The van der Waals surface area contributed by atoms with Crippen LogP contribution in [-0.2, 0) is 39.4 Å². The molecule has 0 aliphatic heterocycles. The molecule has 0 spiro atoms. The standard InChI is InChI=1S/C44H58O8S4Si2/c1-7-47-57(48-8-2,49-9-3)33-21-29-35-27-19-31-39(41(35)43(45)37-23-15-13-16-24-37)53-55-56-54-40-32-20-28-36(42(40)44(46)38-25-17-14-18-26-38)30-22-34-58(50-10-4,51-11-5)52-12-6/h13-20,23-28,31-32H,7-12,21-22,29-30,33-34H2,1-6H3. The zero-order valence-electron chi connectivity index (χ0n) is 34.6. The van der Waals surface area contributed by atoms with Gasteiger partial charge < -0.3 is 26.6 Å². The number of benzene rings is 4. The fraction of sp³-hybridized carbons (Fsp3) is 0.409. The van der Waals surface area contributed by atoms with Crippen LogP contribution in [-0.4, -0.2) is 68.8 Å². The van der Waals surface area contributed by atoms with E-state index < -0.39 is 17.6 Å². The number of carbonyl (C=O) groups excluding carboxylic acids is 2. The van der Waals surface area contributed by atoms with E-state index in [4.69, 9.17) is 26.6 Å². The quantitative estimate of drug-likeness (QED) is 0.0225. The van der Waals surface area contributed by atoms with Crippen LogP contribution < -0.4 is 0 Å². The molecular formula is C44H58O8S4Si2. The van der Waals surface area contributed by atoms with Crippen molar-refractivity contribution in [1.29, 1.82) is 0 Å². The Morgan fingerprint density at radius 3 is 1.09 bits per heavy atom. The minimum absolute atomic E-state index is 0.00609. The average molecular weight is 899 g/mol. The molecule has 4 aromatic carbocycles. The van der Waals surface area contributed by atoms with Crippen LogP contribution in [0.3, 0.4) is 0 Å². The Hall–Kier alpha value is -2.19. The van der Waals surface area contributed by atoms with E-state index in [9.17, 15) is 9.59 Å². The van der Waals surface area contributed by atoms with Crippen molar-refractivity contribution in [3.05, 3.63) is 130 Å². The lowest BCUT2D eigenvalue weighted by molar-refractivity contribution is 0.0700. The molecule has 0 bridgehead atoms. The molecule has 8 nitrogen and oxygen atoms in total. The van der Waals surface area contributed by atoms with Gasteiger partial charge in [-0.05, 0) is 132 Å². The van der Waals surface area contributed by atoms with E-state index >= 15 is 0 Å². The first kappa shape index (κ1) is 48.5. The Labute approximate surface area is 363 Å². The van der Waals surface area contributed by atoms with Crippen molar-refractivity contribution in [2.45, 2.75) is 89.1 Å². The second kappa shape index (κ2) is 26.2. The average Bonchev–Trinajstić information content (AvgIpc) is 3.23. The molecule has 0 unspecified atom stereocenters. The predicted octanol–water partition coefficient (Wildman–Crippen LogP) is 12.2. The summed E-state index contributed by atoms with van der Waals surface area (Å²) in [5.41, 5.74) is 4.68. The molecule has 0 heterocycles. The summed E-state index contributed by atoms with van der Waals surface area (Å²) in [7, 11) is 0.616. The van der Waals surface area contributed by atoms with Gasteiger partial charge in [0.25, 0.3) is 0 Å². The molecule has 4 rings (SSSR count). The lowest BCUT2D eigenvalue weighted by Gasteiger charge is -2.28. The van der Waals surface area contributed by atoms with Crippen molar-refractivity contribution < 1.29 is 36.1 Å². The van der Waals surface area contributed by atoms with Gasteiger partial charge in [-0.3, -0.25) is 9.59 Å². The molecule has 0 saturated heterocycles. The molecule has 0 radical (unpaired) electrons. The third-order valence-electron chi connectivity index (χ3n) is 9.07. The van der Waals surface area contributed by atoms with E-state index in [-0.39, 0.29) is 11.6 Å². The van der Waals surface area contributed by atoms with Gasteiger partial charge in [0.1, 0.15) is 0 Å². The number of carbonyl (C=O) groups is 2. The third kappa shape index (κ3) is 14.2. The third-order valence-corrected chi connectivity index (χ3v) is 21.5. The Balaban J connectivity index is 1.56. The van der Waals surface area contributed by atoms with Crippen LogP contribution >= 0.6 is 41.2 Å². The number of rotatable bonds is 29. The van der Waals surface area contributed by atoms with E-state index in [0.29, 0.717) is 86.8 Å². The molecule has 0 N–H and O–H groups in total. The molecule has 14 heteroatoms. The van der Waals surface area contributed by atoms with E-state index in [0.717, 1.165) is 33.8 Å². The maximum atomic E-state index is 14.2. The normalized spacial score (nSPS) is 11.9. The molecule has 0 saturated carbocycles. The Morgan fingerprint density at radius 1 is 0.448 bits per heavy atom. The van der Waals surface area contributed by atoms with E-state index in [2.05, 4.69) is 12.1 Å². The van der Waals surface area contributed by atoms with Gasteiger partial charge in [-0.1, -0.05) is 84.9 Å². The van der Waals surface area contributed by atoms with E-state index in [1.165, 1.54) is 0 Å². The first-order chi connectivity index (χ1) is 28.3. The molecule has 0 aliphatic carbocycles. The fourth-order valence-electron chi connectivity index (χ4n) is 6.79. The fourth-order valence-corrected chi connectivity index (χ4v) is 17.9. The Bertz CT molecular complexity index is 1670. The van der Waals surface area contributed by atoms with Gasteiger partial charge in [0.2, 0.25) is 0 Å². The molecule has 0 fully saturated rings.